The topological polar surface area (TPSA) is 4.44 Å². The summed E-state index contributed by atoms with van der Waals surface area (Å²) in [7, 11) is 2.33. The van der Waals surface area contributed by atoms with Crippen LogP contribution < -0.4 is 9.60 Å². The van der Waals surface area contributed by atoms with E-state index in [0.29, 0.717) is 0 Å². The number of halogens is 1. The van der Waals surface area contributed by atoms with E-state index < -0.39 is 0 Å². The number of hydrogen-bond acceptors (Lipinski definition) is 0. The van der Waals surface area contributed by atoms with E-state index in [4.69, 9.17) is 0 Å². The molecule has 2 heteroatoms. The van der Waals surface area contributed by atoms with E-state index in [1.807, 2.05) is 0 Å². The van der Waals surface area contributed by atoms with Crippen LogP contribution >= 0.6 is 0 Å². The summed E-state index contributed by atoms with van der Waals surface area (Å²) in [5.41, 5.74) is 0. The molecule has 62 valence electrons. The Balaban J connectivity index is 0.000000810. The molecule has 0 aromatic rings. The maximum absolute atomic E-state index is 2.33. The minimum absolute atomic E-state index is 0. The van der Waals surface area contributed by atoms with Gasteiger partial charge in [-0.05, 0) is 6.42 Å². The van der Waals surface area contributed by atoms with Gasteiger partial charge in [0.25, 0.3) is 0 Å². The summed E-state index contributed by atoms with van der Waals surface area (Å²) < 4.78 is 0. The molecule has 1 aliphatic rings. The molecule has 0 aliphatic carbocycles. The Morgan fingerprint density at radius 1 is 1.50 bits per heavy atom. The van der Waals surface area contributed by atoms with Crippen LogP contribution in [-0.2, 0) is 0 Å². The normalized spacial score (nSPS) is 31.8. The van der Waals surface area contributed by atoms with Crippen molar-refractivity contribution in [3.05, 3.63) is 0 Å². The number of nitrogens with one attached hydrogen (secondary N) is 1. The standard InChI is InChI=1S/C8H17N.FH/c1-3-5-8-6-4-7-9(8)2;/h8H,3-7H2,1-2H3;1H. The van der Waals surface area contributed by atoms with Crippen molar-refractivity contribution in [1.29, 1.82) is 0 Å². The monoisotopic (exact) mass is 147 g/mol. The molecule has 0 saturated carbocycles. The highest BCUT2D eigenvalue weighted by Gasteiger charge is 2.22. The molecule has 0 bridgehead atoms. The van der Waals surface area contributed by atoms with Crippen LogP contribution in [0.3, 0.4) is 0 Å². The number of likely N-dealkylation sites (tertiary alicyclic amines) is 1. The molecule has 1 aliphatic heterocycles. The molecule has 0 aromatic carbocycles. The van der Waals surface area contributed by atoms with E-state index in [1.54, 1.807) is 4.90 Å². The summed E-state index contributed by atoms with van der Waals surface area (Å²) >= 11 is 0. The largest absolute Gasteiger partial charge is 1.00 e. The molecule has 0 aromatic heterocycles. The van der Waals surface area contributed by atoms with Crippen molar-refractivity contribution in [3.63, 3.8) is 0 Å². The Kier molecular flexibility index (Phi) is 4.62. The highest BCUT2D eigenvalue weighted by Crippen LogP contribution is 2.04. The average molecular weight is 147 g/mol. The van der Waals surface area contributed by atoms with Gasteiger partial charge in [-0.15, -0.1) is 0 Å². The van der Waals surface area contributed by atoms with Gasteiger partial charge < -0.3 is 9.60 Å². The van der Waals surface area contributed by atoms with Gasteiger partial charge in [0, 0.05) is 12.8 Å². The Labute approximate surface area is 62.8 Å². The van der Waals surface area contributed by atoms with Gasteiger partial charge in [-0.25, -0.2) is 0 Å². The summed E-state index contributed by atoms with van der Waals surface area (Å²) in [4.78, 5) is 1.76. The molecule has 1 fully saturated rings. The molecule has 1 nitrogen and oxygen atoms in total. The molecule has 0 spiro atoms. The van der Waals surface area contributed by atoms with Crippen LogP contribution in [0.5, 0.6) is 0 Å². The lowest BCUT2D eigenvalue weighted by molar-refractivity contribution is -0.892. The quantitative estimate of drug-likeness (QED) is 0.439. The highest BCUT2D eigenvalue weighted by atomic mass is 19.0. The van der Waals surface area contributed by atoms with Gasteiger partial charge in [0.1, 0.15) is 0 Å². The van der Waals surface area contributed by atoms with E-state index >= 15 is 0 Å². The molecule has 0 radical (unpaired) electrons. The molecule has 0 amide bonds. The van der Waals surface area contributed by atoms with E-state index in [2.05, 4.69) is 14.0 Å². The fraction of sp³-hybridized carbons (Fsp3) is 1.00. The first kappa shape index (κ1) is 9.89. The van der Waals surface area contributed by atoms with Crippen LogP contribution in [0.15, 0.2) is 0 Å². The molecule has 10 heavy (non-hydrogen) atoms. The van der Waals surface area contributed by atoms with E-state index in [0.717, 1.165) is 6.04 Å². The first-order valence-corrected chi connectivity index (χ1v) is 4.17. The van der Waals surface area contributed by atoms with Crippen LogP contribution in [0.1, 0.15) is 32.6 Å². The molecule has 2 unspecified atom stereocenters. The summed E-state index contributed by atoms with van der Waals surface area (Å²) in [5.74, 6) is 0. The maximum atomic E-state index is 2.33. The van der Waals surface area contributed by atoms with Crippen molar-refractivity contribution < 1.29 is 9.60 Å². The van der Waals surface area contributed by atoms with Crippen LogP contribution in [0.2, 0.25) is 0 Å². The summed E-state index contributed by atoms with van der Waals surface area (Å²) in [6, 6.07) is 0.995. The Hall–Kier alpha value is -0.110. The summed E-state index contributed by atoms with van der Waals surface area (Å²) in [5, 5.41) is 0. The Morgan fingerprint density at radius 2 is 2.20 bits per heavy atom. The molecule has 1 heterocycles. The third-order valence-electron chi connectivity index (χ3n) is 2.46. The molecular formula is C8H18FN. The second-order valence-corrected chi connectivity index (χ2v) is 3.22. The smallest absolute Gasteiger partial charge is 0.0874 e. The Bertz CT molecular complexity index is 85.3. The van der Waals surface area contributed by atoms with Crippen LogP contribution in [0, 0.1) is 0 Å². The minimum Gasteiger partial charge on any atom is -1.00 e. The van der Waals surface area contributed by atoms with Gasteiger partial charge in [-0.1, -0.05) is 13.3 Å². The zero-order valence-corrected chi connectivity index (χ0v) is 6.99. The molecule has 1 N–H and O–H groups in total. The van der Waals surface area contributed by atoms with E-state index in [-0.39, 0.29) is 4.70 Å². The highest BCUT2D eigenvalue weighted by molar-refractivity contribution is 4.59. The summed E-state index contributed by atoms with van der Waals surface area (Å²) in [6.07, 6.45) is 5.73. The van der Waals surface area contributed by atoms with Crippen LogP contribution in [0.4, 0.5) is 0 Å². The van der Waals surface area contributed by atoms with Gasteiger partial charge in [0.15, 0.2) is 0 Å². The van der Waals surface area contributed by atoms with Gasteiger partial charge in [0.2, 0.25) is 0 Å². The lowest BCUT2D eigenvalue weighted by Gasteiger charge is -2.14. The molecule has 1 rings (SSSR count). The fourth-order valence-electron chi connectivity index (χ4n) is 1.82. The van der Waals surface area contributed by atoms with Crippen LogP contribution in [0.25, 0.3) is 0 Å². The predicted octanol–water partition coefficient (Wildman–Crippen LogP) is -2.53. The zero-order valence-electron chi connectivity index (χ0n) is 6.99. The van der Waals surface area contributed by atoms with Crippen molar-refractivity contribution in [1.82, 2.24) is 0 Å². The predicted molar refractivity (Wildman–Crippen MR) is 39.7 cm³/mol. The molecule has 2 atom stereocenters. The number of hydrogen-bond donors (Lipinski definition) is 1. The van der Waals surface area contributed by atoms with Crippen molar-refractivity contribution in [2.75, 3.05) is 13.6 Å². The Morgan fingerprint density at radius 3 is 2.60 bits per heavy atom. The van der Waals surface area contributed by atoms with Crippen molar-refractivity contribution >= 4 is 0 Å². The second kappa shape index (κ2) is 4.67. The minimum atomic E-state index is 0. The maximum Gasteiger partial charge on any atom is 0.0874 e. The third-order valence-corrected chi connectivity index (χ3v) is 2.46. The van der Waals surface area contributed by atoms with Crippen molar-refractivity contribution in [2.45, 2.75) is 38.6 Å². The first-order valence-electron chi connectivity index (χ1n) is 4.17. The van der Waals surface area contributed by atoms with Gasteiger partial charge in [-0.2, -0.15) is 0 Å². The van der Waals surface area contributed by atoms with Crippen molar-refractivity contribution in [3.8, 4) is 0 Å². The lowest BCUT2D eigenvalue weighted by atomic mass is 10.1. The first-order chi connectivity index (χ1) is 4.34. The molecular weight excluding hydrogens is 129 g/mol. The van der Waals surface area contributed by atoms with Gasteiger partial charge >= 0.3 is 0 Å². The average Bonchev–Trinajstić information content (AvgIpc) is 2.18. The molecule has 1 saturated heterocycles. The number of quaternary nitrogens is 1. The zero-order chi connectivity index (χ0) is 6.69. The van der Waals surface area contributed by atoms with Crippen LogP contribution in [-0.4, -0.2) is 19.6 Å². The third kappa shape index (κ3) is 2.25. The van der Waals surface area contributed by atoms with Gasteiger partial charge in [-0.3, -0.25) is 0 Å². The number of rotatable bonds is 2. The second-order valence-electron chi connectivity index (χ2n) is 3.22. The van der Waals surface area contributed by atoms with Crippen molar-refractivity contribution in [2.24, 2.45) is 0 Å². The lowest BCUT2D eigenvalue weighted by Crippen LogP contribution is -3.10. The van der Waals surface area contributed by atoms with E-state index in [1.165, 1.54) is 32.2 Å². The summed E-state index contributed by atoms with van der Waals surface area (Å²) in [6.45, 7) is 3.69. The van der Waals surface area contributed by atoms with Gasteiger partial charge in [0.05, 0.1) is 19.6 Å². The SMILES string of the molecule is CCCC1CCC[NH+]1C.[F-]. The fourth-order valence-corrected chi connectivity index (χ4v) is 1.82. The van der Waals surface area contributed by atoms with E-state index in [9.17, 15) is 0 Å².